The maximum atomic E-state index is 11.4. The van der Waals surface area contributed by atoms with Crippen molar-refractivity contribution in [2.75, 3.05) is 7.11 Å². The molecule has 188 valence electrons. The van der Waals surface area contributed by atoms with Crippen LogP contribution in [0.5, 0.6) is 0 Å². The van der Waals surface area contributed by atoms with Crippen LogP contribution in [0.1, 0.15) is 76.1 Å². The van der Waals surface area contributed by atoms with Gasteiger partial charge in [0.05, 0.1) is 46.1 Å². The number of carbonyl (C=O) groups is 2. The molecular weight excluding hydrogens is 473 g/mol. The number of methoxy groups -OCH3 is 1. The number of aromatic carboxylic acids is 1. The Balaban J connectivity index is 0.000000340. The molecule has 2 aromatic carbocycles. The van der Waals surface area contributed by atoms with E-state index >= 15 is 0 Å². The van der Waals surface area contributed by atoms with Gasteiger partial charge in [0.1, 0.15) is 0 Å². The largest absolute Gasteiger partial charge is 0.478 e. The fraction of sp³-hybridized carbons (Fsp3) is 0.481. The zero-order valence-electron chi connectivity index (χ0n) is 22.5. The van der Waals surface area contributed by atoms with Crippen LogP contribution in [0.2, 0.25) is 22.2 Å². The predicted molar refractivity (Wildman–Crippen MR) is 155 cm³/mol. The molecule has 0 aliphatic carbocycles. The number of benzene rings is 2. The van der Waals surface area contributed by atoms with Crippen LogP contribution in [0.25, 0.3) is 0 Å². The van der Waals surface area contributed by atoms with Crippen LogP contribution in [0.4, 0.5) is 0 Å². The fourth-order valence-corrected chi connectivity index (χ4v) is 11.9. The highest BCUT2D eigenvalue weighted by atomic mass is 28.3. The zero-order valence-corrected chi connectivity index (χ0v) is 26.5. The van der Waals surface area contributed by atoms with E-state index < -0.39 is 24.3 Å². The lowest BCUT2D eigenvalue weighted by Crippen LogP contribution is -2.35. The van der Waals surface area contributed by atoms with E-state index in [0.717, 1.165) is 21.8 Å². The van der Waals surface area contributed by atoms with Gasteiger partial charge in [-0.15, -0.1) is 0 Å². The van der Waals surface area contributed by atoms with Gasteiger partial charge in [0.25, 0.3) is 0 Å². The predicted octanol–water partition coefficient (Wildman–Crippen LogP) is 3.36. The molecular formula is C27H44O4Si3. The molecule has 34 heavy (non-hydrogen) atoms. The van der Waals surface area contributed by atoms with Crippen LogP contribution in [0.3, 0.4) is 0 Å². The topological polar surface area (TPSA) is 63.6 Å². The Kier molecular flexibility index (Phi) is 12.8. The van der Waals surface area contributed by atoms with Gasteiger partial charge in [-0.05, 0) is 29.3 Å². The molecule has 0 atom stereocenters. The molecule has 0 bridgehead atoms. The van der Waals surface area contributed by atoms with Crippen molar-refractivity contribution in [3.05, 3.63) is 53.6 Å². The van der Waals surface area contributed by atoms with Gasteiger partial charge in [-0.3, -0.25) is 0 Å². The summed E-state index contributed by atoms with van der Waals surface area (Å²) in [4.78, 5) is 22.5. The second-order valence-electron chi connectivity index (χ2n) is 10.6. The summed E-state index contributed by atoms with van der Waals surface area (Å²) in [7, 11) is -0.244. The first-order valence-corrected chi connectivity index (χ1v) is 17.4. The summed E-state index contributed by atoms with van der Waals surface area (Å²) in [5, 5.41) is 13.2. The van der Waals surface area contributed by atoms with Gasteiger partial charge < -0.3 is 9.84 Å². The van der Waals surface area contributed by atoms with Crippen molar-refractivity contribution in [2.45, 2.75) is 77.6 Å². The standard InChI is InChI=1S/C14H22O2Si.C13H22O2Si2/c1-10(2)17(11(3)4)13-8-6-12(7-9-13)14(15)16-5;1-8(2)16-10-5-6-11(13(14)15)12(7-10)17-9(3)4/h6-11,17H,1-5H3;5-9H,16-17H2,1-4H3,(H,14,15). The number of hydrogen-bond acceptors (Lipinski definition) is 3. The Bertz CT molecular complexity index is 914. The molecule has 0 unspecified atom stereocenters. The molecule has 0 fully saturated rings. The Morgan fingerprint density at radius 1 is 0.824 bits per heavy atom. The molecule has 7 heteroatoms. The minimum atomic E-state index is -0.952. The average molecular weight is 517 g/mol. The van der Waals surface area contributed by atoms with Crippen molar-refractivity contribution in [3.8, 4) is 0 Å². The molecule has 0 aromatic heterocycles. The second-order valence-corrected chi connectivity index (χ2v) is 20.7. The van der Waals surface area contributed by atoms with Gasteiger partial charge in [0, 0.05) is 0 Å². The summed E-state index contributed by atoms with van der Waals surface area (Å²) in [6.45, 7) is 18.1. The number of hydrogen-bond donors (Lipinski definition) is 1. The molecule has 0 saturated heterocycles. The van der Waals surface area contributed by atoms with Crippen molar-refractivity contribution in [1.82, 2.24) is 0 Å². The third-order valence-corrected chi connectivity index (χ3v) is 13.4. The van der Waals surface area contributed by atoms with Crippen LogP contribution in [-0.2, 0) is 4.74 Å². The molecule has 2 rings (SSSR count). The van der Waals surface area contributed by atoms with Crippen molar-refractivity contribution in [2.24, 2.45) is 0 Å². The van der Waals surface area contributed by atoms with Gasteiger partial charge in [-0.2, -0.15) is 0 Å². The van der Waals surface area contributed by atoms with E-state index in [2.05, 4.69) is 73.6 Å². The van der Waals surface area contributed by atoms with E-state index in [9.17, 15) is 14.7 Å². The van der Waals surface area contributed by atoms with Crippen molar-refractivity contribution >= 4 is 55.3 Å². The highest BCUT2D eigenvalue weighted by Crippen LogP contribution is 2.20. The van der Waals surface area contributed by atoms with Crippen LogP contribution >= 0.6 is 0 Å². The molecule has 0 amide bonds. The molecule has 0 radical (unpaired) electrons. The normalized spacial score (nSPS) is 11.9. The molecule has 0 aliphatic heterocycles. The van der Waals surface area contributed by atoms with E-state index in [4.69, 9.17) is 4.74 Å². The van der Waals surface area contributed by atoms with Crippen LogP contribution < -0.4 is 15.6 Å². The van der Waals surface area contributed by atoms with Crippen molar-refractivity contribution < 1.29 is 19.4 Å². The first kappa shape index (κ1) is 30.1. The van der Waals surface area contributed by atoms with Gasteiger partial charge in [-0.1, -0.05) is 106 Å². The number of esters is 1. The van der Waals surface area contributed by atoms with E-state index in [0.29, 0.717) is 16.7 Å². The summed E-state index contributed by atoms with van der Waals surface area (Å²) in [6.07, 6.45) is 0. The monoisotopic (exact) mass is 516 g/mol. The fourth-order valence-electron chi connectivity index (χ4n) is 4.56. The molecule has 0 heterocycles. The number of carboxylic acid groups (broad SMARTS) is 1. The third-order valence-electron chi connectivity index (χ3n) is 5.83. The summed E-state index contributed by atoms with van der Waals surface area (Å²) in [5.41, 5.74) is 4.02. The summed E-state index contributed by atoms with van der Waals surface area (Å²) >= 11 is 0. The summed E-state index contributed by atoms with van der Waals surface area (Å²) in [5.74, 6) is -1.03. The van der Waals surface area contributed by atoms with Crippen LogP contribution in [0.15, 0.2) is 42.5 Å². The molecule has 0 aliphatic rings. The van der Waals surface area contributed by atoms with Crippen LogP contribution in [0, 0.1) is 0 Å². The van der Waals surface area contributed by atoms with E-state index in [1.165, 1.54) is 17.5 Å². The lowest BCUT2D eigenvalue weighted by molar-refractivity contribution is 0.0600. The van der Waals surface area contributed by atoms with E-state index in [1.807, 2.05) is 24.3 Å². The Morgan fingerprint density at radius 2 is 1.35 bits per heavy atom. The first-order valence-electron chi connectivity index (χ1n) is 12.4. The Hall–Kier alpha value is -1.97. The highest BCUT2D eigenvalue weighted by molar-refractivity contribution is 6.75. The highest BCUT2D eigenvalue weighted by Gasteiger charge is 2.21. The minimum absolute atomic E-state index is 0.243. The Morgan fingerprint density at radius 3 is 1.76 bits per heavy atom. The van der Waals surface area contributed by atoms with E-state index in [1.54, 1.807) is 0 Å². The zero-order chi connectivity index (χ0) is 26.0. The number of rotatable bonds is 9. The molecule has 0 spiro atoms. The smallest absolute Gasteiger partial charge is 0.337 e. The Labute approximate surface area is 212 Å². The van der Waals surface area contributed by atoms with Crippen LogP contribution in [-0.4, -0.2) is 52.0 Å². The maximum Gasteiger partial charge on any atom is 0.337 e. The molecule has 1 N–H and O–H groups in total. The number of carbonyl (C=O) groups excluding carboxylic acids is 1. The molecule has 2 aromatic rings. The van der Waals surface area contributed by atoms with Gasteiger partial charge in [0.2, 0.25) is 0 Å². The number of carboxylic acids is 1. The van der Waals surface area contributed by atoms with Crippen molar-refractivity contribution in [3.63, 3.8) is 0 Å². The number of ether oxygens (including phenoxy) is 1. The molecule has 0 saturated carbocycles. The molecule has 4 nitrogen and oxygen atoms in total. The lowest BCUT2D eigenvalue weighted by atomic mass is 10.2. The van der Waals surface area contributed by atoms with Crippen molar-refractivity contribution in [1.29, 1.82) is 0 Å². The van der Waals surface area contributed by atoms with Gasteiger partial charge >= 0.3 is 11.9 Å². The SMILES string of the molecule is CC(C)[SiH2]c1ccc(C(=O)O)c([SiH2]C(C)C)c1.COC(=O)c1ccc([SiH](C(C)C)C(C)C)cc1. The summed E-state index contributed by atoms with van der Waals surface area (Å²) in [6, 6.07) is 14.0. The lowest BCUT2D eigenvalue weighted by Gasteiger charge is -2.23. The van der Waals surface area contributed by atoms with E-state index in [-0.39, 0.29) is 15.5 Å². The van der Waals surface area contributed by atoms with Gasteiger partial charge in [0.15, 0.2) is 0 Å². The second kappa shape index (κ2) is 14.4. The average Bonchev–Trinajstić information content (AvgIpc) is 2.72. The quantitative estimate of drug-likeness (QED) is 0.410. The third kappa shape index (κ3) is 9.72. The minimum Gasteiger partial charge on any atom is -0.478 e. The maximum absolute atomic E-state index is 11.4. The van der Waals surface area contributed by atoms with Gasteiger partial charge in [-0.25, -0.2) is 9.59 Å². The summed E-state index contributed by atoms with van der Waals surface area (Å²) < 4.78 is 4.70. The first-order chi connectivity index (χ1) is 15.9.